The van der Waals surface area contributed by atoms with Gasteiger partial charge < -0.3 is 10.0 Å². The van der Waals surface area contributed by atoms with E-state index >= 15 is 0 Å². The van der Waals surface area contributed by atoms with E-state index in [1.165, 1.54) is 17.0 Å². The van der Waals surface area contributed by atoms with Gasteiger partial charge in [-0.25, -0.2) is 8.78 Å². The average molecular weight is 295 g/mol. The largest absolute Gasteiger partial charge is 0.379 e. The van der Waals surface area contributed by atoms with Crippen LogP contribution in [0.4, 0.5) is 8.78 Å². The number of hydrogen-bond donors (Lipinski definition) is 1. The van der Waals surface area contributed by atoms with Gasteiger partial charge in [0.05, 0.1) is 6.04 Å². The minimum absolute atomic E-state index is 0.154. The first-order valence-electron chi connectivity index (χ1n) is 6.90. The lowest BCUT2D eigenvalue weighted by atomic mass is 9.77. The van der Waals surface area contributed by atoms with Crippen molar-refractivity contribution in [1.82, 2.24) is 4.90 Å². The molecule has 21 heavy (non-hydrogen) atoms. The molecule has 1 N–H and O–H groups in total. The molecule has 6 heteroatoms. The van der Waals surface area contributed by atoms with Crippen molar-refractivity contribution in [3.63, 3.8) is 0 Å². The van der Waals surface area contributed by atoms with E-state index in [9.17, 15) is 23.5 Å². The summed E-state index contributed by atoms with van der Waals surface area (Å²) in [6.45, 7) is 0.415. The topological polar surface area (TPSA) is 57.6 Å². The summed E-state index contributed by atoms with van der Waals surface area (Å²) in [4.78, 5) is 24.9. The van der Waals surface area contributed by atoms with Crippen LogP contribution in [0, 0.1) is 11.6 Å². The molecule has 1 saturated heterocycles. The molecule has 0 aromatic heterocycles. The molecule has 1 aliphatic carbocycles. The number of carbonyl (C=O) groups excluding carboxylic acids is 2. The number of hydrogen-bond acceptors (Lipinski definition) is 3. The lowest BCUT2D eigenvalue weighted by molar-refractivity contribution is -0.168. The fourth-order valence-corrected chi connectivity index (χ4v) is 3.14. The maximum absolute atomic E-state index is 13.3. The molecule has 3 rings (SSSR count). The van der Waals surface area contributed by atoms with Crippen molar-refractivity contribution in [3.05, 3.63) is 35.4 Å². The highest BCUT2D eigenvalue weighted by molar-refractivity contribution is 6.02. The molecule has 2 fully saturated rings. The van der Waals surface area contributed by atoms with E-state index in [1.807, 2.05) is 0 Å². The number of carbonyl (C=O) groups is 2. The van der Waals surface area contributed by atoms with Crippen molar-refractivity contribution in [2.75, 3.05) is 6.54 Å². The smallest absolute Gasteiger partial charge is 0.255 e. The zero-order valence-corrected chi connectivity index (χ0v) is 11.3. The molecular weight excluding hydrogens is 280 g/mol. The highest BCUT2D eigenvalue weighted by Crippen LogP contribution is 2.38. The molecule has 0 radical (unpaired) electrons. The van der Waals surface area contributed by atoms with Crippen LogP contribution in [0.1, 0.15) is 37.3 Å². The summed E-state index contributed by atoms with van der Waals surface area (Å²) in [5.41, 5.74) is -1.25. The van der Waals surface area contributed by atoms with Gasteiger partial charge >= 0.3 is 0 Å². The Kier molecular flexibility index (Phi) is 3.28. The number of rotatable bonds is 2. The van der Waals surface area contributed by atoms with Crippen molar-refractivity contribution < 1.29 is 23.5 Å². The summed E-state index contributed by atoms with van der Waals surface area (Å²) < 4.78 is 26.7. The predicted octanol–water partition coefficient (Wildman–Crippen LogP) is 1.72. The van der Waals surface area contributed by atoms with Gasteiger partial charge in [0.15, 0.2) is 5.60 Å². The molecule has 1 aromatic rings. The van der Waals surface area contributed by atoms with Crippen LogP contribution in [0.25, 0.3) is 0 Å². The average Bonchev–Trinajstić information content (AvgIpc) is 2.83. The van der Waals surface area contributed by atoms with Crippen molar-refractivity contribution in [2.45, 2.75) is 37.3 Å². The van der Waals surface area contributed by atoms with Gasteiger partial charge in [-0.2, -0.15) is 0 Å². The second-order valence-corrected chi connectivity index (χ2v) is 5.78. The van der Waals surface area contributed by atoms with Gasteiger partial charge in [0.1, 0.15) is 17.4 Å². The SMILES string of the molecule is O=C1CC(O)(C(=O)N2CCCC2c2cc(F)cc(F)c2)C1. The van der Waals surface area contributed by atoms with Gasteiger partial charge in [-0.3, -0.25) is 9.59 Å². The Hall–Kier alpha value is -1.82. The molecule has 1 heterocycles. The Morgan fingerprint density at radius 2 is 1.86 bits per heavy atom. The summed E-state index contributed by atoms with van der Waals surface area (Å²) in [6.07, 6.45) is 0.927. The quantitative estimate of drug-likeness (QED) is 0.904. The molecule has 4 nitrogen and oxygen atoms in total. The van der Waals surface area contributed by atoms with Crippen LogP contribution in [0.15, 0.2) is 18.2 Å². The lowest BCUT2D eigenvalue weighted by Gasteiger charge is -2.38. The second-order valence-electron chi connectivity index (χ2n) is 5.78. The number of nitrogens with zero attached hydrogens (tertiary/aromatic N) is 1. The van der Waals surface area contributed by atoms with Crippen LogP contribution in [-0.2, 0) is 9.59 Å². The van der Waals surface area contributed by atoms with E-state index in [4.69, 9.17) is 0 Å². The summed E-state index contributed by atoms with van der Waals surface area (Å²) in [5, 5.41) is 10.1. The first-order chi connectivity index (χ1) is 9.89. The standard InChI is InChI=1S/C15H15F2NO3/c16-10-4-9(5-11(17)6-10)13-2-1-3-18(13)14(20)15(21)7-12(19)8-15/h4-6,13,21H,1-3,7-8H2. The van der Waals surface area contributed by atoms with Crippen LogP contribution in [0.3, 0.4) is 0 Å². The third-order valence-corrected chi connectivity index (χ3v) is 4.16. The van der Waals surface area contributed by atoms with Crippen molar-refractivity contribution in [2.24, 2.45) is 0 Å². The van der Waals surface area contributed by atoms with Gasteiger partial charge in [-0.15, -0.1) is 0 Å². The first kappa shape index (κ1) is 14.1. The number of aliphatic hydroxyl groups is 1. The number of halogens is 2. The summed E-state index contributed by atoms with van der Waals surface area (Å²) >= 11 is 0. The van der Waals surface area contributed by atoms with Gasteiger partial charge in [0.2, 0.25) is 0 Å². The zero-order valence-electron chi connectivity index (χ0n) is 11.3. The second kappa shape index (κ2) is 4.87. The Balaban J connectivity index is 1.85. The van der Waals surface area contributed by atoms with Crippen LogP contribution >= 0.6 is 0 Å². The fourth-order valence-electron chi connectivity index (χ4n) is 3.14. The number of benzene rings is 1. The normalized spacial score (nSPS) is 24.0. The van der Waals surface area contributed by atoms with Crippen molar-refractivity contribution in [1.29, 1.82) is 0 Å². The summed E-state index contributed by atoms with van der Waals surface area (Å²) in [7, 11) is 0. The predicted molar refractivity (Wildman–Crippen MR) is 69.2 cm³/mol. The summed E-state index contributed by atoms with van der Waals surface area (Å²) in [5.74, 6) is -2.06. The molecule has 1 unspecified atom stereocenters. The molecule has 0 bridgehead atoms. The van der Waals surface area contributed by atoms with E-state index in [-0.39, 0.29) is 18.6 Å². The zero-order chi connectivity index (χ0) is 15.2. The molecule has 1 amide bonds. The van der Waals surface area contributed by atoms with Crippen LogP contribution in [0.2, 0.25) is 0 Å². The van der Waals surface area contributed by atoms with Gasteiger partial charge in [0, 0.05) is 25.5 Å². The number of amides is 1. The molecule has 2 aliphatic rings. The number of Topliss-reactive ketones (excluding diaryl/α,β-unsaturated/α-hetero) is 1. The fraction of sp³-hybridized carbons (Fsp3) is 0.467. The Labute approximate surface area is 120 Å². The highest BCUT2D eigenvalue weighted by atomic mass is 19.1. The third kappa shape index (κ3) is 2.44. The van der Waals surface area contributed by atoms with Gasteiger partial charge in [-0.05, 0) is 30.5 Å². The number of likely N-dealkylation sites (tertiary alicyclic amines) is 1. The maximum atomic E-state index is 13.3. The minimum atomic E-state index is -1.63. The Bertz CT molecular complexity index is 589. The van der Waals surface area contributed by atoms with E-state index in [2.05, 4.69) is 0 Å². The van der Waals surface area contributed by atoms with E-state index in [1.54, 1.807) is 0 Å². The molecule has 1 aliphatic heterocycles. The molecule has 1 atom stereocenters. The molecule has 112 valence electrons. The minimum Gasteiger partial charge on any atom is -0.379 e. The highest BCUT2D eigenvalue weighted by Gasteiger charge is 2.51. The van der Waals surface area contributed by atoms with Crippen molar-refractivity contribution in [3.8, 4) is 0 Å². The Morgan fingerprint density at radius 3 is 2.43 bits per heavy atom. The van der Waals surface area contributed by atoms with Crippen LogP contribution in [0.5, 0.6) is 0 Å². The Morgan fingerprint density at radius 1 is 1.24 bits per heavy atom. The van der Waals surface area contributed by atoms with Gasteiger partial charge in [0.25, 0.3) is 5.91 Å². The molecular formula is C15H15F2NO3. The third-order valence-electron chi connectivity index (χ3n) is 4.16. The van der Waals surface area contributed by atoms with E-state index in [0.717, 1.165) is 6.07 Å². The van der Waals surface area contributed by atoms with E-state index in [0.29, 0.717) is 24.9 Å². The first-order valence-corrected chi connectivity index (χ1v) is 6.90. The van der Waals surface area contributed by atoms with Crippen molar-refractivity contribution >= 4 is 11.7 Å². The molecule has 0 spiro atoms. The monoisotopic (exact) mass is 295 g/mol. The number of ketones is 1. The summed E-state index contributed by atoms with van der Waals surface area (Å²) in [6, 6.07) is 2.73. The van der Waals surface area contributed by atoms with E-state index < -0.39 is 29.2 Å². The van der Waals surface area contributed by atoms with Crippen LogP contribution in [-0.4, -0.2) is 33.8 Å². The van der Waals surface area contributed by atoms with Crippen LogP contribution < -0.4 is 0 Å². The lowest BCUT2D eigenvalue weighted by Crippen LogP contribution is -2.56. The van der Waals surface area contributed by atoms with Gasteiger partial charge in [-0.1, -0.05) is 0 Å². The molecule has 1 aromatic carbocycles. The molecule has 1 saturated carbocycles. The maximum Gasteiger partial charge on any atom is 0.255 e.